The highest BCUT2D eigenvalue weighted by Crippen LogP contribution is 2.29. The molecular weight excluding hydrogens is 336 g/mol. The number of non-ortho nitro benzene ring substituents is 1. The molecule has 0 saturated heterocycles. The number of nitro groups is 1. The van der Waals surface area contributed by atoms with Crippen molar-refractivity contribution in [1.82, 2.24) is 0 Å². The molecule has 1 amide bonds. The zero-order valence-corrected chi connectivity index (χ0v) is 14.6. The number of carbonyl (C=O) groups is 1. The molecule has 0 aliphatic carbocycles. The van der Waals surface area contributed by atoms with Crippen LogP contribution in [-0.4, -0.2) is 24.0 Å². The van der Waals surface area contributed by atoms with Crippen LogP contribution in [0, 0.1) is 10.1 Å². The van der Waals surface area contributed by atoms with Gasteiger partial charge in [0.15, 0.2) is 11.5 Å². The Morgan fingerprint density at radius 1 is 1.08 bits per heavy atom. The Balaban J connectivity index is 2.04. The minimum Gasteiger partial charge on any atom is -0.490 e. The number of benzene rings is 2. The molecule has 0 radical (unpaired) electrons. The highest BCUT2D eigenvalue weighted by Gasteiger charge is 2.06. The first-order valence-corrected chi connectivity index (χ1v) is 8.16. The van der Waals surface area contributed by atoms with Crippen LogP contribution in [-0.2, 0) is 4.79 Å². The lowest BCUT2D eigenvalue weighted by Gasteiger charge is -2.11. The molecular formula is C19H20N2O5. The Bertz CT molecular complexity index is 800. The number of anilines is 1. The molecule has 0 saturated carbocycles. The molecule has 0 unspecified atom stereocenters. The molecule has 0 heterocycles. The van der Waals surface area contributed by atoms with E-state index in [4.69, 9.17) is 9.47 Å². The van der Waals surface area contributed by atoms with Gasteiger partial charge in [0.2, 0.25) is 5.91 Å². The summed E-state index contributed by atoms with van der Waals surface area (Å²) in [4.78, 5) is 22.1. The third kappa shape index (κ3) is 5.34. The molecule has 0 bridgehead atoms. The van der Waals surface area contributed by atoms with E-state index in [0.29, 0.717) is 30.4 Å². The SMILES string of the molecule is CCOc1ccc(/C=C/C(=O)Nc2ccc([N+](=O)[O-])cc2)cc1OCC. The second kappa shape index (κ2) is 9.22. The number of nitrogens with one attached hydrogen (secondary N) is 1. The van der Waals surface area contributed by atoms with E-state index in [2.05, 4.69) is 5.32 Å². The molecule has 1 N–H and O–H groups in total. The Morgan fingerprint density at radius 2 is 1.73 bits per heavy atom. The molecule has 7 heteroatoms. The number of carbonyl (C=O) groups excluding carboxylic acids is 1. The van der Waals surface area contributed by atoms with E-state index in [1.54, 1.807) is 18.2 Å². The van der Waals surface area contributed by atoms with Gasteiger partial charge in [-0.2, -0.15) is 0 Å². The van der Waals surface area contributed by atoms with E-state index in [1.807, 2.05) is 19.9 Å². The maximum atomic E-state index is 12.0. The summed E-state index contributed by atoms with van der Waals surface area (Å²) in [6, 6.07) is 11.0. The second-order valence-corrected chi connectivity index (χ2v) is 5.20. The van der Waals surface area contributed by atoms with Gasteiger partial charge in [0.25, 0.3) is 5.69 Å². The molecule has 2 rings (SSSR count). The highest BCUT2D eigenvalue weighted by atomic mass is 16.6. The van der Waals surface area contributed by atoms with Gasteiger partial charge >= 0.3 is 0 Å². The van der Waals surface area contributed by atoms with Crippen molar-refractivity contribution in [2.75, 3.05) is 18.5 Å². The molecule has 7 nitrogen and oxygen atoms in total. The molecule has 26 heavy (non-hydrogen) atoms. The number of ether oxygens (including phenoxy) is 2. The summed E-state index contributed by atoms with van der Waals surface area (Å²) in [6.45, 7) is 4.82. The first-order chi connectivity index (χ1) is 12.5. The maximum absolute atomic E-state index is 12.0. The lowest BCUT2D eigenvalue weighted by Crippen LogP contribution is -2.07. The van der Waals surface area contributed by atoms with Crippen molar-refractivity contribution >= 4 is 23.4 Å². The van der Waals surface area contributed by atoms with Gasteiger partial charge in [-0.3, -0.25) is 14.9 Å². The first-order valence-electron chi connectivity index (χ1n) is 8.16. The van der Waals surface area contributed by atoms with Gasteiger partial charge in [0.1, 0.15) is 0 Å². The molecule has 0 fully saturated rings. The topological polar surface area (TPSA) is 90.7 Å². The summed E-state index contributed by atoms with van der Waals surface area (Å²) >= 11 is 0. The van der Waals surface area contributed by atoms with Crippen LogP contribution in [0.1, 0.15) is 19.4 Å². The van der Waals surface area contributed by atoms with E-state index in [1.165, 1.54) is 30.3 Å². The van der Waals surface area contributed by atoms with Crippen LogP contribution < -0.4 is 14.8 Å². The van der Waals surface area contributed by atoms with Crippen LogP contribution in [0.3, 0.4) is 0 Å². The van der Waals surface area contributed by atoms with Gasteiger partial charge < -0.3 is 14.8 Å². The average molecular weight is 356 g/mol. The second-order valence-electron chi connectivity index (χ2n) is 5.20. The predicted octanol–water partition coefficient (Wildman–Crippen LogP) is 4.04. The van der Waals surface area contributed by atoms with Crippen molar-refractivity contribution in [3.63, 3.8) is 0 Å². The third-order valence-corrected chi connectivity index (χ3v) is 3.34. The van der Waals surface area contributed by atoms with Gasteiger partial charge in [-0.15, -0.1) is 0 Å². The molecule has 0 aromatic heterocycles. The quantitative estimate of drug-likeness (QED) is 0.438. The van der Waals surface area contributed by atoms with Crippen molar-refractivity contribution in [2.45, 2.75) is 13.8 Å². The van der Waals surface area contributed by atoms with Crippen LogP contribution >= 0.6 is 0 Å². The minimum absolute atomic E-state index is 0.0311. The Morgan fingerprint density at radius 3 is 2.35 bits per heavy atom. The van der Waals surface area contributed by atoms with E-state index < -0.39 is 4.92 Å². The predicted molar refractivity (Wildman–Crippen MR) is 99.5 cm³/mol. The Hall–Kier alpha value is -3.35. The minimum atomic E-state index is -0.493. The van der Waals surface area contributed by atoms with Crippen molar-refractivity contribution in [3.05, 3.63) is 64.2 Å². The Labute approximate surface area is 151 Å². The summed E-state index contributed by atoms with van der Waals surface area (Å²) < 4.78 is 11.0. The number of amides is 1. The standard InChI is InChI=1S/C19H20N2O5/c1-3-25-17-11-5-14(13-18(17)26-4-2)6-12-19(22)20-15-7-9-16(10-8-15)21(23)24/h5-13H,3-4H2,1-2H3,(H,20,22)/b12-6+. The van der Waals surface area contributed by atoms with Crippen LogP contribution in [0.4, 0.5) is 11.4 Å². The van der Waals surface area contributed by atoms with Gasteiger partial charge in [0.05, 0.1) is 18.1 Å². The van der Waals surface area contributed by atoms with Gasteiger partial charge in [0, 0.05) is 23.9 Å². The van der Waals surface area contributed by atoms with Crippen LogP contribution in [0.25, 0.3) is 6.08 Å². The van der Waals surface area contributed by atoms with Crippen molar-refractivity contribution < 1.29 is 19.2 Å². The average Bonchev–Trinajstić information content (AvgIpc) is 2.62. The number of rotatable bonds is 8. The van der Waals surface area contributed by atoms with Crippen molar-refractivity contribution in [3.8, 4) is 11.5 Å². The van der Waals surface area contributed by atoms with Gasteiger partial charge in [-0.25, -0.2) is 0 Å². The fourth-order valence-corrected chi connectivity index (χ4v) is 2.19. The van der Waals surface area contributed by atoms with E-state index >= 15 is 0 Å². The van der Waals surface area contributed by atoms with E-state index in [-0.39, 0.29) is 11.6 Å². The monoisotopic (exact) mass is 356 g/mol. The smallest absolute Gasteiger partial charge is 0.269 e. The lowest BCUT2D eigenvalue weighted by molar-refractivity contribution is -0.384. The number of hydrogen-bond donors (Lipinski definition) is 1. The number of nitrogens with zero attached hydrogens (tertiary/aromatic N) is 1. The third-order valence-electron chi connectivity index (χ3n) is 3.34. The molecule has 0 aliphatic rings. The normalized spacial score (nSPS) is 10.5. The van der Waals surface area contributed by atoms with Crippen molar-refractivity contribution in [1.29, 1.82) is 0 Å². The van der Waals surface area contributed by atoms with Crippen LogP contribution in [0.5, 0.6) is 11.5 Å². The largest absolute Gasteiger partial charge is 0.490 e. The summed E-state index contributed by atoms with van der Waals surface area (Å²) in [5, 5.41) is 13.3. The van der Waals surface area contributed by atoms with Gasteiger partial charge in [-0.1, -0.05) is 6.07 Å². The van der Waals surface area contributed by atoms with E-state index in [9.17, 15) is 14.9 Å². The molecule has 2 aromatic carbocycles. The molecule has 0 atom stereocenters. The summed E-state index contributed by atoms with van der Waals surface area (Å²) in [6.07, 6.45) is 3.03. The van der Waals surface area contributed by atoms with Crippen LogP contribution in [0.2, 0.25) is 0 Å². The maximum Gasteiger partial charge on any atom is 0.269 e. The molecule has 2 aromatic rings. The number of nitro benzene ring substituents is 1. The fraction of sp³-hybridized carbons (Fsp3) is 0.211. The molecule has 0 spiro atoms. The first kappa shape index (κ1) is 19.0. The summed E-state index contributed by atoms with van der Waals surface area (Å²) in [5.41, 5.74) is 1.24. The molecule has 0 aliphatic heterocycles. The lowest BCUT2D eigenvalue weighted by atomic mass is 10.2. The number of hydrogen-bond acceptors (Lipinski definition) is 5. The summed E-state index contributed by atoms with van der Waals surface area (Å²) in [5.74, 6) is 0.930. The van der Waals surface area contributed by atoms with Crippen molar-refractivity contribution in [2.24, 2.45) is 0 Å². The van der Waals surface area contributed by atoms with E-state index in [0.717, 1.165) is 5.56 Å². The fourth-order valence-electron chi connectivity index (χ4n) is 2.19. The summed E-state index contributed by atoms with van der Waals surface area (Å²) in [7, 11) is 0. The zero-order valence-electron chi connectivity index (χ0n) is 14.6. The van der Waals surface area contributed by atoms with Crippen LogP contribution in [0.15, 0.2) is 48.5 Å². The molecule has 136 valence electrons. The van der Waals surface area contributed by atoms with Gasteiger partial charge in [-0.05, 0) is 49.8 Å². The zero-order chi connectivity index (χ0) is 18.9. The Kier molecular flexibility index (Phi) is 6.73. The highest BCUT2D eigenvalue weighted by molar-refractivity contribution is 6.02.